The molecule has 0 aromatic carbocycles. The molecule has 9 heteroatoms. The average molecular weight is 588 g/mol. The van der Waals surface area contributed by atoms with Gasteiger partial charge >= 0.3 is 21.1 Å². The number of rotatable bonds is 4. The minimum atomic E-state index is -0.983. The van der Waals surface area contributed by atoms with Crippen LogP contribution in [0.2, 0.25) is 0 Å². The van der Waals surface area contributed by atoms with Crippen LogP contribution in [0.5, 0.6) is 0 Å². The third kappa shape index (κ3) is 4.19. The summed E-state index contributed by atoms with van der Waals surface area (Å²) in [7, 11) is 0. The van der Waals surface area contributed by atoms with E-state index in [1.807, 2.05) is 19.9 Å². The predicted octanol–water partition coefficient (Wildman–Crippen LogP) is 4.07. The second-order valence-corrected chi connectivity index (χ2v) is 6.81. The summed E-state index contributed by atoms with van der Waals surface area (Å²) in [5.41, 5.74) is 0.825. The molecule has 0 aliphatic heterocycles. The number of hydrogen-bond acceptors (Lipinski definition) is 4. The Bertz CT molecular complexity index is 1190. The van der Waals surface area contributed by atoms with Crippen molar-refractivity contribution in [1.29, 1.82) is 0 Å². The molecule has 154 valence electrons. The van der Waals surface area contributed by atoms with Crippen LogP contribution in [-0.2, 0) is 26.5 Å². The third-order valence-electron chi connectivity index (χ3n) is 4.49. The maximum atomic E-state index is 14.1. The van der Waals surface area contributed by atoms with E-state index in [2.05, 4.69) is 32.3 Å². The summed E-state index contributed by atoms with van der Waals surface area (Å²) in [4.78, 5) is 12.3. The van der Waals surface area contributed by atoms with Crippen LogP contribution in [-0.4, -0.2) is 24.7 Å². The van der Waals surface area contributed by atoms with Crippen LogP contribution >= 0.6 is 0 Å². The Labute approximate surface area is 185 Å². The normalized spacial score (nSPS) is 11.2. The van der Waals surface area contributed by atoms with Gasteiger partial charge in [0.05, 0.1) is 5.82 Å². The smallest absolute Gasteiger partial charge is 0.341 e. The quantitative estimate of drug-likeness (QED) is 0.267. The maximum absolute atomic E-state index is 14.1. The van der Waals surface area contributed by atoms with E-state index in [4.69, 9.17) is 0 Å². The van der Waals surface area contributed by atoms with Crippen LogP contribution in [0.1, 0.15) is 25.2 Å². The number of aromatic nitrogens is 5. The topological polar surface area (TPSA) is 56.5 Å². The minimum Gasteiger partial charge on any atom is -0.341 e. The van der Waals surface area contributed by atoms with Crippen molar-refractivity contribution in [3.8, 4) is 17.1 Å². The molecule has 0 radical (unpaired) electrons. The van der Waals surface area contributed by atoms with E-state index < -0.39 is 23.3 Å². The van der Waals surface area contributed by atoms with Gasteiger partial charge in [-0.05, 0) is 31.7 Å². The first kappa shape index (κ1) is 21.8. The van der Waals surface area contributed by atoms with Crippen LogP contribution < -0.4 is 0 Å². The molecule has 0 unspecified atom stereocenters. The molecule has 4 heterocycles. The van der Waals surface area contributed by atoms with Crippen molar-refractivity contribution in [2.75, 3.05) is 0 Å². The SMILES string of the molecule is CC(C)(c1cccc(-c2[c-]cc(F)nc2F)n1)c1cccc(-n2[c-]cc(F)n2)n1.[Pt+2]. The molecule has 30 heavy (non-hydrogen) atoms. The van der Waals surface area contributed by atoms with E-state index in [9.17, 15) is 13.2 Å². The maximum Gasteiger partial charge on any atom is 2.00 e. The molecular formula is C21H14F3N5Pt. The molecule has 4 aromatic rings. The van der Waals surface area contributed by atoms with Crippen molar-refractivity contribution in [3.05, 3.63) is 90.0 Å². The summed E-state index contributed by atoms with van der Waals surface area (Å²) in [5.74, 6) is -2.19. The van der Waals surface area contributed by atoms with Crippen molar-refractivity contribution in [3.63, 3.8) is 0 Å². The summed E-state index contributed by atoms with van der Waals surface area (Å²) in [6, 6.07) is 15.0. The number of nitrogens with zero attached hydrogens (tertiary/aromatic N) is 5. The molecule has 0 spiro atoms. The summed E-state index contributed by atoms with van der Waals surface area (Å²) < 4.78 is 41.6. The van der Waals surface area contributed by atoms with Gasteiger partial charge in [0.1, 0.15) is 17.8 Å². The fraction of sp³-hybridized carbons (Fsp3) is 0.143. The van der Waals surface area contributed by atoms with Crippen molar-refractivity contribution in [2.45, 2.75) is 19.3 Å². The fourth-order valence-corrected chi connectivity index (χ4v) is 2.88. The first-order valence-electron chi connectivity index (χ1n) is 8.67. The summed E-state index contributed by atoms with van der Waals surface area (Å²) >= 11 is 0. The van der Waals surface area contributed by atoms with Gasteiger partial charge in [0, 0.05) is 16.8 Å². The number of halogens is 3. The van der Waals surface area contributed by atoms with Gasteiger partial charge in [0.25, 0.3) is 0 Å². The van der Waals surface area contributed by atoms with E-state index in [1.54, 1.807) is 30.3 Å². The van der Waals surface area contributed by atoms with E-state index in [0.29, 0.717) is 17.2 Å². The molecule has 0 saturated carbocycles. The Morgan fingerprint density at radius 3 is 2.23 bits per heavy atom. The molecule has 0 atom stereocenters. The first-order chi connectivity index (χ1) is 13.8. The van der Waals surface area contributed by atoms with Gasteiger partial charge in [-0.15, -0.1) is 12.1 Å². The molecule has 0 amide bonds. The predicted molar refractivity (Wildman–Crippen MR) is 98.5 cm³/mol. The number of pyridine rings is 3. The Kier molecular flexibility index (Phi) is 6.17. The molecule has 4 rings (SSSR count). The van der Waals surface area contributed by atoms with Crippen LogP contribution in [0.3, 0.4) is 0 Å². The van der Waals surface area contributed by atoms with Gasteiger partial charge in [0.15, 0.2) is 0 Å². The third-order valence-corrected chi connectivity index (χ3v) is 4.49. The molecular weight excluding hydrogens is 574 g/mol. The Balaban J connectivity index is 0.00000256. The zero-order valence-corrected chi connectivity index (χ0v) is 18.1. The van der Waals surface area contributed by atoms with E-state index in [0.717, 1.165) is 12.1 Å². The van der Waals surface area contributed by atoms with Crippen molar-refractivity contribution in [2.24, 2.45) is 0 Å². The van der Waals surface area contributed by atoms with Crippen LogP contribution in [0.15, 0.2) is 48.5 Å². The van der Waals surface area contributed by atoms with Gasteiger partial charge in [-0.2, -0.15) is 0 Å². The molecule has 0 fully saturated rings. The molecule has 0 aliphatic rings. The van der Waals surface area contributed by atoms with Crippen molar-refractivity contribution >= 4 is 0 Å². The summed E-state index contributed by atoms with van der Waals surface area (Å²) in [5, 5.41) is 3.68. The van der Waals surface area contributed by atoms with Gasteiger partial charge in [-0.25, -0.2) is 13.9 Å². The molecule has 4 aromatic heterocycles. The van der Waals surface area contributed by atoms with E-state index >= 15 is 0 Å². The molecule has 0 aliphatic carbocycles. The molecule has 0 N–H and O–H groups in total. The van der Waals surface area contributed by atoms with Crippen molar-refractivity contribution in [1.82, 2.24) is 24.7 Å². The summed E-state index contributed by atoms with van der Waals surface area (Å²) in [6.45, 7) is 3.81. The fourth-order valence-electron chi connectivity index (χ4n) is 2.88. The molecule has 5 nitrogen and oxygen atoms in total. The van der Waals surface area contributed by atoms with Gasteiger partial charge in [-0.3, -0.25) is 14.4 Å². The van der Waals surface area contributed by atoms with Gasteiger partial charge in [-0.1, -0.05) is 42.1 Å². The van der Waals surface area contributed by atoms with E-state index in [-0.39, 0.29) is 32.3 Å². The standard InChI is InChI=1S/C21H14F3N5.Pt/c1-21(2,16-7-4-8-19(26-16)29-12-11-18(23)28-29)15-6-3-5-14(25-15)13-9-10-17(22)27-20(13)24;/h3-8,10-11H,1-2H3;/q-2;+2. The Morgan fingerprint density at radius 1 is 0.867 bits per heavy atom. The Hall–Kier alpha value is -2.86. The second kappa shape index (κ2) is 8.48. The average Bonchev–Trinajstić information content (AvgIpc) is 3.14. The van der Waals surface area contributed by atoms with Gasteiger partial charge < -0.3 is 9.67 Å². The zero-order valence-electron chi connectivity index (χ0n) is 15.8. The first-order valence-corrected chi connectivity index (χ1v) is 8.67. The second-order valence-electron chi connectivity index (χ2n) is 6.81. The van der Waals surface area contributed by atoms with Gasteiger partial charge in [0.2, 0.25) is 0 Å². The van der Waals surface area contributed by atoms with Crippen LogP contribution in [0, 0.1) is 30.1 Å². The van der Waals surface area contributed by atoms with Crippen molar-refractivity contribution < 1.29 is 34.2 Å². The Morgan fingerprint density at radius 2 is 1.57 bits per heavy atom. The largest absolute Gasteiger partial charge is 2.00 e. The van der Waals surface area contributed by atoms with Crippen LogP contribution in [0.4, 0.5) is 13.2 Å². The minimum absolute atomic E-state index is 0. The zero-order chi connectivity index (χ0) is 20.6. The van der Waals surface area contributed by atoms with Crippen LogP contribution in [0.25, 0.3) is 17.1 Å². The number of hydrogen-bond donors (Lipinski definition) is 0. The molecule has 0 bridgehead atoms. The monoisotopic (exact) mass is 588 g/mol. The summed E-state index contributed by atoms with van der Waals surface area (Å²) in [6.07, 6.45) is 2.65. The van der Waals surface area contributed by atoms with E-state index in [1.165, 1.54) is 4.68 Å². The molecule has 0 saturated heterocycles.